The van der Waals surface area contributed by atoms with Gasteiger partial charge in [-0.2, -0.15) is 0 Å². The minimum atomic E-state index is -0.231. The Hall–Kier alpha value is -1.25. The summed E-state index contributed by atoms with van der Waals surface area (Å²) in [6.07, 6.45) is 0.218. The number of benzene rings is 1. The molecule has 4 bridgehead atoms. The topological polar surface area (TPSA) is 45.7 Å². The molecule has 0 saturated carbocycles. The molecule has 4 aliphatic heterocycles. The first-order chi connectivity index (χ1) is 12.3. The van der Waals surface area contributed by atoms with E-state index in [1.165, 1.54) is 5.56 Å². The summed E-state index contributed by atoms with van der Waals surface area (Å²) in [5.74, 6) is 1.28. The van der Waals surface area contributed by atoms with E-state index in [2.05, 4.69) is 58.4 Å². The molecular weight excluding hydrogens is 441 g/mol. The summed E-state index contributed by atoms with van der Waals surface area (Å²) in [5.41, 5.74) is 1.75. The van der Waals surface area contributed by atoms with E-state index in [1.54, 1.807) is 7.11 Å². The van der Waals surface area contributed by atoms with Crippen LogP contribution in [0.2, 0.25) is 0 Å². The van der Waals surface area contributed by atoms with Gasteiger partial charge in [-0.1, -0.05) is 13.8 Å². The van der Waals surface area contributed by atoms with Crippen LogP contribution in [0.1, 0.15) is 25.6 Å². The number of nitrogens with zero attached hydrogens (tertiary/aromatic N) is 3. The van der Waals surface area contributed by atoms with E-state index >= 15 is 0 Å². The number of methoxy groups -OCH3 is 1. The minimum Gasteiger partial charge on any atom is -0.497 e. The zero-order chi connectivity index (χ0) is 18.3. The first kappa shape index (κ1) is 16.9. The molecule has 1 aromatic carbocycles. The van der Waals surface area contributed by atoms with Crippen molar-refractivity contribution < 1.29 is 9.53 Å². The predicted molar refractivity (Wildman–Crippen MR) is 108 cm³/mol. The Balaban J connectivity index is 1.59. The van der Waals surface area contributed by atoms with Crippen molar-refractivity contribution in [2.45, 2.75) is 20.0 Å². The number of aromatic nitrogens is 1. The molecule has 26 heavy (non-hydrogen) atoms. The van der Waals surface area contributed by atoms with E-state index in [0.29, 0.717) is 5.78 Å². The molecule has 6 heteroatoms. The van der Waals surface area contributed by atoms with Gasteiger partial charge in [0.15, 0.2) is 0 Å². The monoisotopic (exact) mass is 463 g/mol. The van der Waals surface area contributed by atoms with Crippen LogP contribution in [0.15, 0.2) is 24.3 Å². The predicted octanol–water partition coefficient (Wildman–Crippen LogP) is 3.07. The molecule has 0 spiro atoms. The van der Waals surface area contributed by atoms with Crippen LogP contribution < -0.4 is 4.74 Å². The average Bonchev–Trinajstić information content (AvgIpc) is 2.58. The third kappa shape index (κ3) is 2.21. The molecule has 5 heterocycles. The Labute approximate surface area is 166 Å². The number of ketones is 1. The number of fused-ring (bicyclic) bond motifs is 1. The summed E-state index contributed by atoms with van der Waals surface area (Å²) < 4.78 is 6.36. The molecule has 5 nitrogen and oxygen atoms in total. The molecule has 0 unspecified atom stereocenters. The normalized spacial score (nSPS) is 38.2. The molecule has 4 aliphatic rings. The number of hydrogen-bond donors (Lipinski definition) is 0. The van der Waals surface area contributed by atoms with Crippen LogP contribution in [-0.2, 0) is 4.79 Å². The van der Waals surface area contributed by atoms with Crippen molar-refractivity contribution in [3.05, 3.63) is 33.5 Å². The van der Waals surface area contributed by atoms with Crippen molar-refractivity contribution in [3.63, 3.8) is 0 Å². The molecule has 0 atom stereocenters. The van der Waals surface area contributed by atoms with Crippen molar-refractivity contribution in [1.82, 2.24) is 14.8 Å². The van der Waals surface area contributed by atoms with Crippen molar-refractivity contribution in [1.29, 1.82) is 0 Å². The molecule has 0 amide bonds. The maximum Gasteiger partial charge on any atom is 0.149 e. The summed E-state index contributed by atoms with van der Waals surface area (Å²) in [7, 11) is 1.68. The second kappa shape index (κ2) is 5.39. The molecule has 4 saturated heterocycles. The molecule has 6 rings (SSSR count). The van der Waals surface area contributed by atoms with Gasteiger partial charge in [-0.05, 0) is 40.8 Å². The second-order valence-electron chi connectivity index (χ2n) is 8.56. The van der Waals surface area contributed by atoms with E-state index in [-0.39, 0.29) is 17.0 Å². The maximum atomic E-state index is 12.9. The van der Waals surface area contributed by atoms with Gasteiger partial charge in [-0.3, -0.25) is 14.6 Å². The molecule has 4 fully saturated rings. The van der Waals surface area contributed by atoms with Crippen LogP contribution >= 0.6 is 22.6 Å². The van der Waals surface area contributed by atoms with Crippen LogP contribution in [0.4, 0.5) is 0 Å². The van der Waals surface area contributed by atoms with Crippen LogP contribution in [0.25, 0.3) is 10.9 Å². The Morgan fingerprint density at radius 2 is 1.73 bits per heavy atom. The van der Waals surface area contributed by atoms with Crippen LogP contribution in [0, 0.1) is 14.5 Å². The Morgan fingerprint density at radius 1 is 1.12 bits per heavy atom. The smallest absolute Gasteiger partial charge is 0.149 e. The third-order valence-corrected chi connectivity index (χ3v) is 7.14. The lowest BCUT2D eigenvalue weighted by molar-refractivity contribution is -0.197. The number of halogens is 1. The standard InChI is InChI=1S/C20H22IN3O2/c1-19-8-23-10-20(2,18(19)25)11-24(9-19)17(23)14-6-12-4-5-13(26-3)7-15(12)22-16(14)21/h4-7,17H,8-11H2,1-3H3. The fourth-order valence-corrected chi connectivity index (χ4v) is 6.13. The summed E-state index contributed by atoms with van der Waals surface area (Å²) in [4.78, 5) is 22.7. The highest BCUT2D eigenvalue weighted by molar-refractivity contribution is 14.1. The van der Waals surface area contributed by atoms with E-state index < -0.39 is 0 Å². The van der Waals surface area contributed by atoms with Gasteiger partial charge in [-0.25, -0.2) is 4.98 Å². The number of carbonyl (C=O) groups is 1. The van der Waals surface area contributed by atoms with E-state index in [4.69, 9.17) is 9.72 Å². The highest BCUT2D eigenvalue weighted by Crippen LogP contribution is 2.52. The molecule has 2 aromatic rings. The second-order valence-corrected chi connectivity index (χ2v) is 9.58. The van der Waals surface area contributed by atoms with Gasteiger partial charge in [0.2, 0.25) is 0 Å². The molecule has 0 radical (unpaired) electrons. The van der Waals surface area contributed by atoms with Crippen molar-refractivity contribution >= 4 is 39.3 Å². The Kier molecular flexibility index (Phi) is 3.50. The van der Waals surface area contributed by atoms with E-state index in [0.717, 1.165) is 46.5 Å². The number of hydrogen-bond acceptors (Lipinski definition) is 5. The van der Waals surface area contributed by atoms with Gasteiger partial charge in [0.05, 0.1) is 29.6 Å². The lowest BCUT2D eigenvalue weighted by Gasteiger charge is -2.64. The van der Waals surface area contributed by atoms with Gasteiger partial charge in [0, 0.05) is 43.2 Å². The summed E-state index contributed by atoms with van der Waals surface area (Å²) in [6, 6.07) is 8.31. The molecule has 1 aromatic heterocycles. The van der Waals surface area contributed by atoms with Crippen molar-refractivity contribution in [2.75, 3.05) is 33.3 Å². The van der Waals surface area contributed by atoms with Crippen LogP contribution in [-0.4, -0.2) is 53.9 Å². The number of ether oxygens (including phenoxy) is 1. The third-order valence-electron chi connectivity index (χ3n) is 6.28. The first-order valence-corrected chi connectivity index (χ1v) is 10.1. The largest absolute Gasteiger partial charge is 0.497 e. The fourth-order valence-electron chi connectivity index (χ4n) is 5.44. The van der Waals surface area contributed by atoms with Gasteiger partial charge in [0.1, 0.15) is 15.2 Å². The lowest BCUT2D eigenvalue weighted by Crippen LogP contribution is -2.75. The number of piperidine rings is 2. The summed E-state index contributed by atoms with van der Waals surface area (Å²) >= 11 is 2.35. The SMILES string of the molecule is COc1ccc2cc(C3N4CC5(C)CN3CC(C)(C4)C5=O)c(I)nc2c1. The van der Waals surface area contributed by atoms with Gasteiger partial charge in [-0.15, -0.1) is 0 Å². The summed E-state index contributed by atoms with van der Waals surface area (Å²) in [5, 5.41) is 1.13. The number of Topliss-reactive ketones (excluding diaryl/α,β-unsaturated/α-hetero) is 1. The van der Waals surface area contributed by atoms with Crippen LogP contribution in [0.3, 0.4) is 0 Å². The number of rotatable bonds is 2. The van der Waals surface area contributed by atoms with Gasteiger partial charge >= 0.3 is 0 Å². The van der Waals surface area contributed by atoms with Gasteiger partial charge in [0.25, 0.3) is 0 Å². The quantitative estimate of drug-likeness (QED) is 0.506. The molecule has 0 aliphatic carbocycles. The van der Waals surface area contributed by atoms with Crippen LogP contribution in [0.5, 0.6) is 5.75 Å². The van der Waals surface area contributed by atoms with E-state index in [1.807, 2.05) is 12.1 Å². The number of pyridine rings is 1. The first-order valence-electron chi connectivity index (χ1n) is 9.00. The van der Waals surface area contributed by atoms with Crippen molar-refractivity contribution in [2.24, 2.45) is 10.8 Å². The van der Waals surface area contributed by atoms with Crippen molar-refractivity contribution in [3.8, 4) is 5.75 Å². The zero-order valence-corrected chi connectivity index (χ0v) is 17.4. The zero-order valence-electron chi connectivity index (χ0n) is 15.3. The molecule has 0 N–H and O–H groups in total. The Bertz CT molecular complexity index is 904. The average molecular weight is 463 g/mol. The Morgan fingerprint density at radius 3 is 2.31 bits per heavy atom. The minimum absolute atomic E-state index is 0.218. The molecular formula is C20H22IN3O2. The van der Waals surface area contributed by atoms with Gasteiger partial charge < -0.3 is 4.74 Å². The lowest BCUT2D eigenvalue weighted by atomic mass is 9.62. The highest BCUT2D eigenvalue weighted by atomic mass is 127. The maximum absolute atomic E-state index is 12.9. The number of carbonyl (C=O) groups excluding carboxylic acids is 1. The molecule has 136 valence electrons. The fraction of sp³-hybridized carbons (Fsp3) is 0.500. The highest BCUT2D eigenvalue weighted by Gasteiger charge is 2.62. The van der Waals surface area contributed by atoms with E-state index in [9.17, 15) is 4.79 Å². The summed E-state index contributed by atoms with van der Waals surface area (Å²) in [6.45, 7) is 7.66.